The molecule has 2 atom stereocenters. The van der Waals surface area contributed by atoms with Gasteiger partial charge < -0.3 is 9.84 Å². The summed E-state index contributed by atoms with van der Waals surface area (Å²) in [7, 11) is 0. The van der Waals surface area contributed by atoms with Gasteiger partial charge in [0.25, 0.3) is 0 Å². The second-order valence-corrected chi connectivity index (χ2v) is 3.33. The summed E-state index contributed by atoms with van der Waals surface area (Å²) < 4.78 is 5.58. The van der Waals surface area contributed by atoms with Crippen LogP contribution in [-0.4, -0.2) is 23.9 Å². The van der Waals surface area contributed by atoms with Crippen molar-refractivity contribution < 1.29 is 9.84 Å². The molecule has 0 amide bonds. The first-order valence-corrected chi connectivity index (χ1v) is 5.00. The molecular formula is C10H22O2. The Morgan fingerprint density at radius 1 is 1.25 bits per heavy atom. The molecule has 0 aromatic carbocycles. The summed E-state index contributed by atoms with van der Waals surface area (Å²) in [5.41, 5.74) is 0. The third-order valence-corrected chi connectivity index (χ3v) is 1.92. The van der Waals surface area contributed by atoms with E-state index in [1.165, 1.54) is 0 Å². The fourth-order valence-electron chi connectivity index (χ4n) is 1.12. The first kappa shape index (κ1) is 11.9. The first-order chi connectivity index (χ1) is 5.70. The van der Waals surface area contributed by atoms with E-state index in [1.807, 2.05) is 6.92 Å². The molecule has 0 saturated carbocycles. The maximum Gasteiger partial charge on any atom is 0.0573 e. The topological polar surface area (TPSA) is 29.5 Å². The number of hydrogen-bond donors (Lipinski definition) is 1. The van der Waals surface area contributed by atoms with E-state index in [4.69, 9.17) is 9.84 Å². The van der Waals surface area contributed by atoms with Crippen LogP contribution in [-0.2, 0) is 4.74 Å². The van der Waals surface area contributed by atoms with Crippen molar-refractivity contribution in [2.45, 2.75) is 58.7 Å². The molecule has 0 aliphatic heterocycles. The summed E-state index contributed by atoms with van der Waals surface area (Å²) >= 11 is 0. The van der Waals surface area contributed by atoms with Gasteiger partial charge in [0.1, 0.15) is 0 Å². The zero-order valence-electron chi connectivity index (χ0n) is 8.55. The van der Waals surface area contributed by atoms with Gasteiger partial charge in [0.2, 0.25) is 0 Å². The molecule has 0 bridgehead atoms. The maximum absolute atomic E-state index is 9.07. The summed E-state index contributed by atoms with van der Waals surface area (Å²) in [6.07, 6.45) is 4.11. The Morgan fingerprint density at radius 2 is 1.92 bits per heavy atom. The van der Waals surface area contributed by atoms with Gasteiger partial charge in [-0.1, -0.05) is 13.8 Å². The van der Waals surface area contributed by atoms with Crippen LogP contribution >= 0.6 is 0 Å². The molecule has 0 aromatic rings. The fourth-order valence-corrected chi connectivity index (χ4v) is 1.12. The van der Waals surface area contributed by atoms with Gasteiger partial charge in [0.15, 0.2) is 0 Å². The predicted molar refractivity (Wildman–Crippen MR) is 51.2 cm³/mol. The number of aliphatic hydroxyl groups is 1. The molecule has 0 spiro atoms. The number of rotatable bonds is 7. The molecule has 74 valence electrons. The molecule has 0 aromatic heterocycles. The highest BCUT2D eigenvalue weighted by Gasteiger charge is 2.07. The van der Waals surface area contributed by atoms with Crippen molar-refractivity contribution in [3.63, 3.8) is 0 Å². The van der Waals surface area contributed by atoms with E-state index in [0.29, 0.717) is 6.10 Å². The molecule has 0 radical (unpaired) electrons. The van der Waals surface area contributed by atoms with Gasteiger partial charge in [-0.3, -0.25) is 0 Å². The average Bonchev–Trinajstić information content (AvgIpc) is 2.05. The summed E-state index contributed by atoms with van der Waals surface area (Å²) in [6.45, 7) is 6.91. The molecule has 0 heterocycles. The number of ether oxygens (including phenoxy) is 1. The summed E-state index contributed by atoms with van der Waals surface area (Å²) in [4.78, 5) is 0. The monoisotopic (exact) mass is 174 g/mol. The van der Waals surface area contributed by atoms with Crippen molar-refractivity contribution in [3.05, 3.63) is 0 Å². The van der Waals surface area contributed by atoms with E-state index in [0.717, 1.165) is 32.3 Å². The zero-order chi connectivity index (χ0) is 9.40. The second kappa shape index (κ2) is 7.56. The van der Waals surface area contributed by atoms with E-state index < -0.39 is 0 Å². The smallest absolute Gasteiger partial charge is 0.0573 e. The van der Waals surface area contributed by atoms with E-state index in [9.17, 15) is 0 Å². The maximum atomic E-state index is 9.07. The molecule has 0 aliphatic rings. The van der Waals surface area contributed by atoms with Crippen LogP contribution in [0.1, 0.15) is 46.5 Å². The van der Waals surface area contributed by atoms with E-state index in [1.54, 1.807) is 0 Å². The van der Waals surface area contributed by atoms with Crippen LogP contribution in [0.3, 0.4) is 0 Å². The minimum atomic E-state index is -0.190. The van der Waals surface area contributed by atoms with Crippen LogP contribution < -0.4 is 0 Å². The zero-order valence-corrected chi connectivity index (χ0v) is 8.55. The molecule has 1 N–H and O–H groups in total. The lowest BCUT2D eigenvalue weighted by Gasteiger charge is -2.16. The lowest BCUT2D eigenvalue weighted by molar-refractivity contribution is 0.0348. The van der Waals surface area contributed by atoms with E-state index in [2.05, 4.69) is 13.8 Å². The minimum absolute atomic E-state index is 0.190. The van der Waals surface area contributed by atoms with Gasteiger partial charge in [0, 0.05) is 6.61 Å². The Kier molecular flexibility index (Phi) is 7.51. The Labute approximate surface area is 75.9 Å². The Balaban J connectivity index is 3.39. The molecule has 0 rings (SSSR count). The highest BCUT2D eigenvalue weighted by Crippen LogP contribution is 2.08. The highest BCUT2D eigenvalue weighted by atomic mass is 16.5. The third kappa shape index (κ3) is 6.62. The van der Waals surface area contributed by atoms with Crippen LogP contribution in [0, 0.1) is 0 Å². The normalized spacial score (nSPS) is 16.0. The summed E-state index contributed by atoms with van der Waals surface area (Å²) in [5, 5.41) is 9.07. The lowest BCUT2D eigenvalue weighted by Crippen LogP contribution is -2.15. The van der Waals surface area contributed by atoms with Crippen LogP contribution in [0.5, 0.6) is 0 Å². The Bertz CT molecular complexity index is 91.8. The number of aliphatic hydroxyl groups excluding tert-OH is 1. The summed E-state index contributed by atoms with van der Waals surface area (Å²) in [5.74, 6) is 0. The molecule has 0 saturated heterocycles. The van der Waals surface area contributed by atoms with E-state index >= 15 is 0 Å². The van der Waals surface area contributed by atoms with E-state index in [-0.39, 0.29) is 6.10 Å². The fraction of sp³-hybridized carbons (Fsp3) is 1.00. The first-order valence-electron chi connectivity index (χ1n) is 5.00. The minimum Gasteiger partial charge on any atom is -0.393 e. The SMILES string of the molecule is CCCOC(CC)CCC(C)O. The average molecular weight is 174 g/mol. The Morgan fingerprint density at radius 3 is 2.33 bits per heavy atom. The van der Waals surface area contributed by atoms with Crippen LogP contribution in [0.2, 0.25) is 0 Å². The van der Waals surface area contributed by atoms with Gasteiger partial charge in [-0.05, 0) is 32.6 Å². The van der Waals surface area contributed by atoms with Gasteiger partial charge >= 0.3 is 0 Å². The molecule has 2 heteroatoms. The van der Waals surface area contributed by atoms with Crippen molar-refractivity contribution in [3.8, 4) is 0 Å². The molecule has 2 unspecified atom stereocenters. The highest BCUT2D eigenvalue weighted by molar-refractivity contribution is 4.58. The van der Waals surface area contributed by atoms with Gasteiger partial charge in [-0.15, -0.1) is 0 Å². The van der Waals surface area contributed by atoms with Crippen molar-refractivity contribution in [1.29, 1.82) is 0 Å². The van der Waals surface area contributed by atoms with Crippen LogP contribution in [0.25, 0.3) is 0 Å². The van der Waals surface area contributed by atoms with Gasteiger partial charge in [-0.2, -0.15) is 0 Å². The number of hydrogen-bond acceptors (Lipinski definition) is 2. The second-order valence-electron chi connectivity index (χ2n) is 3.33. The quantitative estimate of drug-likeness (QED) is 0.642. The molecular weight excluding hydrogens is 152 g/mol. The van der Waals surface area contributed by atoms with Crippen molar-refractivity contribution >= 4 is 0 Å². The molecule has 2 nitrogen and oxygen atoms in total. The lowest BCUT2D eigenvalue weighted by atomic mass is 10.1. The van der Waals surface area contributed by atoms with Gasteiger partial charge in [0.05, 0.1) is 12.2 Å². The Hall–Kier alpha value is -0.0800. The van der Waals surface area contributed by atoms with Crippen molar-refractivity contribution in [2.75, 3.05) is 6.61 Å². The largest absolute Gasteiger partial charge is 0.393 e. The predicted octanol–water partition coefficient (Wildman–Crippen LogP) is 2.35. The van der Waals surface area contributed by atoms with Gasteiger partial charge in [-0.25, -0.2) is 0 Å². The summed E-state index contributed by atoms with van der Waals surface area (Å²) in [6, 6.07) is 0. The standard InChI is InChI=1S/C10H22O2/c1-4-8-12-10(5-2)7-6-9(3)11/h9-11H,4-8H2,1-3H3. The van der Waals surface area contributed by atoms with Crippen LogP contribution in [0.15, 0.2) is 0 Å². The van der Waals surface area contributed by atoms with Crippen molar-refractivity contribution in [1.82, 2.24) is 0 Å². The molecule has 0 fully saturated rings. The van der Waals surface area contributed by atoms with Crippen molar-refractivity contribution in [2.24, 2.45) is 0 Å². The van der Waals surface area contributed by atoms with Crippen LogP contribution in [0.4, 0.5) is 0 Å². The molecule has 12 heavy (non-hydrogen) atoms. The third-order valence-electron chi connectivity index (χ3n) is 1.92. The molecule has 0 aliphatic carbocycles.